The van der Waals surface area contributed by atoms with Gasteiger partial charge >= 0.3 is 0 Å². The zero-order valence-electron chi connectivity index (χ0n) is 21.4. The molecular formula is C31H27N5O3. The molecule has 39 heavy (non-hydrogen) atoms. The van der Waals surface area contributed by atoms with Gasteiger partial charge in [0.15, 0.2) is 0 Å². The number of rotatable bonds is 8. The fraction of sp³-hybridized carbons (Fsp3) is 0.194. The molecule has 2 N–H and O–H groups in total. The SMILES string of the molecule is COc1ccc2c(c1)[C@]1(C[C@H]1c1ccc3c(/C=C/c4ccc(OCCn5ccnc5)cc4)n[nH]c3c1)C(=O)N2. The lowest BCUT2D eigenvalue weighted by molar-refractivity contribution is -0.118. The number of hydrogen-bond acceptors (Lipinski definition) is 5. The van der Waals surface area contributed by atoms with Crippen LogP contribution in [0.25, 0.3) is 23.1 Å². The smallest absolute Gasteiger partial charge is 0.235 e. The van der Waals surface area contributed by atoms with Crippen LogP contribution in [0.15, 0.2) is 79.4 Å². The van der Waals surface area contributed by atoms with Crippen molar-refractivity contribution in [2.75, 3.05) is 19.0 Å². The topological polar surface area (TPSA) is 94.1 Å². The van der Waals surface area contributed by atoms with Crippen molar-refractivity contribution in [2.45, 2.75) is 24.3 Å². The summed E-state index contributed by atoms with van der Waals surface area (Å²) in [5, 5.41) is 11.8. The summed E-state index contributed by atoms with van der Waals surface area (Å²) in [4.78, 5) is 17.1. The first-order chi connectivity index (χ1) is 19.1. The number of hydrogen-bond donors (Lipinski definition) is 2. The first kappa shape index (κ1) is 23.3. The molecule has 8 heteroatoms. The summed E-state index contributed by atoms with van der Waals surface area (Å²) in [5.74, 6) is 1.79. The van der Waals surface area contributed by atoms with Crippen molar-refractivity contribution < 1.29 is 14.3 Å². The minimum Gasteiger partial charge on any atom is -0.497 e. The first-order valence-electron chi connectivity index (χ1n) is 13.0. The zero-order chi connectivity index (χ0) is 26.4. The predicted molar refractivity (Wildman–Crippen MR) is 150 cm³/mol. The summed E-state index contributed by atoms with van der Waals surface area (Å²) in [5.41, 5.74) is 5.42. The fourth-order valence-electron chi connectivity index (χ4n) is 5.64. The van der Waals surface area contributed by atoms with E-state index in [4.69, 9.17) is 9.47 Å². The van der Waals surface area contributed by atoms with Gasteiger partial charge in [0.05, 0.1) is 36.6 Å². The molecule has 0 radical (unpaired) electrons. The monoisotopic (exact) mass is 517 g/mol. The van der Waals surface area contributed by atoms with Crippen LogP contribution in [0, 0.1) is 0 Å². The minimum atomic E-state index is -0.518. The second-order valence-electron chi connectivity index (χ2n) is 10.1. The van der Waals surface area contributed by atoms with E-state index in [1.54, 1.807) is 19.6 Å². The van der Waals surface area contributed by atoms with E-state index in [1.165, 1.54) is 0 Å². The number of anilines is 1. The van der Waals surface area contributed by atoms with Gasteiger partial charge in [-0.1, -0.05) is 30.3 Å². The summed E-state index contributed by atoms with van der Waals surface area (Å²) in [7, 11) is 1.65. The highest BCUT2D eigenvalue weighted by Crippen LogP contribution is 2.65. The molecule has 3 heterocycles. The van der Waals surface area contributed by atoms with E-state index >= 15 is 0 Å². The number of imidazole rings is 1. The van der Waals surface area contributed by atoms with Crippen molar-refractivity contribution in [1.29, 1.82) is 0 Å². The third-order valence-electron chi connectivity index (χ3n) is 7.83. The third-order valence-corrected chi connectivity index (χ3v) is 7.83. The van der Waals surface area contributed by atoms with Gasteiger partial charge in [-0.2, -0.15) is 5.10 Å². The highest BCUT2D eigenvalue weighted by molar-refractivity contribution is 6.10. The lowest BCUT2D eigenvalue weighted by Gasteiger charge is -2.10. The standard InChI is InChI=1S/C31H27N5O3/c1-38-23-8-11-28-25(17-23)31(30(37)33-28)18-26(31)21-5-9-24-27(34-35-29(24)16-21)10-4-20-2-6-22(7-3-20)39-15-14-36-13-12-32-19-36/h2-13,16-17,19,26H,14-15,18H2,1H3,(H,33,37)(H,34,35)/b10-4+/t26-,31-/m0/s1. The number of carbonyl (C=O) groups excluding carboxylic acids is 1. The molecular weight excluding hydrogens is 490 g/mol. The molecule has 194 valence electrons. The minimum absolute atomic E-state index is 0.0682. The maximum absolute atomic E-state index is 13.0. The number of H-pyrrole nitrogens is 1. The molecule has 2 aliphatic rings. The molecule has 5 aromatic rings. The molecule has 0 saturated heterocycles. The maximum atomic E-state index is 13.0. The second kappa shape index (κ2) is 9.16. The lowest BCUT2D eigenvalue weighted by Crippen LogP contribution is -2.21. The van der Waals surface area contributed by atoms with Crippen molar-refractivity contribution in [1.82, 2.24) is 19.7 Å². The summed E-state index contributed by atoms with van der Waals surface area (Å²) >= 11 is 0. The van der Waals surface area contributed by atoms with Crippen LogP contribution in [0.5, 0.6) is 11.5 Å². The number of fused-ring (bicyclic) bond motifs is 3. The summed E-state index contributed by atoms with van der Waals surface area (Å²) < 4.78 is 13.2. The summed E-state index contributed by atoms with van der Waals surface area (Å²) in [6.45, 7) is 1.34. The van der Waals surface area contributed by atoms with Gasteiger partial charge in [0.1, 0.15) is 18.1 Å². The van der Waals surface area contributed by atoms with Crippen LogP contribution in [0.4, 0.5) is 5.69 Å². The van der Waals surface area contributed by atoms with Crippen molar-refractivity contribution in [3.05, 3.63) is 102 Å². The van der Waals surface area contributed by atoms with Crippen LogP contribution < -0.4 is 14.8 Å². The summed E-state index contributed by atoms with van der Waals surface area (Å²) in [6.07, 6.45) is 10.3. The molecule has 2 aromatic heterocycles. The Morgan fingerprint density at radius 2 is 1.95 bits per heavy atom. The molecule has 7 rings (SSSR count). The van der Waals surface area contributed by atoms with Gasteiger partial charge < -0.3 is 19.4 Å². The number of amides is 1. The van der Waals surface area contributed by atoms with Gasteiger partial charge in [0, 0.05) is 29.4 Å². The number of ether oxygens (including phenoxy) is 2. The predicted octanol–water partition coefficient (Wildman–Crippen LogP) is 5.39. The molecule has 0 unspecified atom stereocenters. The Morgan fingerprint density at radius 3 is 2.77 bits per heavy atom. The molecule has 1 amide bonds. The molecule has 2 atom stereocenters. The Morgan fingerprint density at radius 1 is 1.08 bits per heavy atom. The second-order valence-corrected chi connectivity index (χ2v) is 10.1. The van der Waals surface area contributed by atoms with E-state index in [0.717, 1.165) is 63.4 Å². The van der Waals surface area contributed by atoms with Crippen molar-refractivity contribution in [3.63, 3.8) is 0 Å². The van der Waals surface area contributed by atoms with Crippen LogP contribution in [0.1, 0.15) is 34.7 Å². The molecule has 1 aliphatic carbocycles. The van der Waals surface area contributed by atoms with E-state index < -0.39 is 5.41 Å². The Hall–Kier alpha value is -4.85. The van der Waals surface area contributed by atoms with Gasteiger partial charge in [-0.25, -0.2) is 4.98 Å². The van der Waals surface area contributed by atoms with Crippen molar-refractivity contribution >= 4 is 34.6 Å². The van der Waals surface area contributed by atoms with Crippen LogP contribution in [0.3, 0.4) is 0 Å². The molecule has 8 nitrogen and oxygen atoms in total. The summed E-state index contributed by atoms with van der Waals surface area (Å²) in [6, 6.07) is 20.1. The van der Waals surface area contributed by atoms with Gasteiger partial charge in [-0.15, -0.1) is 0 Å². The Balaban J connectivity index is 1.05. The number of nitrogens with one attached hydrogen (secondary N) is 2. The quantitative estimate of drug-likeness (QED) is 0.288. The van der Waals surface area contributed by atoms with Crippen molar-refractivity contribution in [2.24, 2.45) is 0 Å². The maximum Gasteiger partial charge on any atom is 0.235 e. The van der Waals surface area contributed by atoms with Gasteiger partial charge in [-0.3, -0.25) is 9.89 Å². The van der Waals surface area contributed by atoms with Crippen LogP contribution in [0.2, 0.25) is 0 Å². The highest BCUT2D eigenvalue weighted by atomic mass is 16.5. The molecule has 1 saturated carbocycles. The highest BCUT2D eigenvalue weighted by Gasteiger charge is 2.65. The average Bonchev–Trinajstić information content (AvgIpc) is 3.21. The number of carbonyl (C=O) groups is 1. The van der Waals surface area contributed by atoms with E-state index in [1.807, 2.05) is 65.4 Å². The number of nitrogens with zero attached hydrogens (tertiary/aromatic N) is 3. The van der Waals surface area contributed by atoms with Crippen LogP contribution in [-0.4, -0.2) is 39.4 Å². The number of methoxy groups -OCH3 is 1. The molecule has 0 bridgehead atoms. The fourth-order valence-corrected chi connectivity index (χ4v) is 5.64. The third kappa shape index (κ3) is 4.05. The largest absolute Gasteiger partial charge is 0.497 e. The van der Waals surface area contributed by atoms with E-state index in [2.05, 4.69) is 38.7 Å². The van der Waals surface area contributed by atoms with E-state index in [9.17, 15) is 4.79 Å². The van der Waals surface area contributed by atoms with E-state index in [0.29, 0.717) is 6.61 Å². The Labute approximate surface area is 225 Å². The Kier molecular flexibility index (Phi) is 5.47. The van der Waals surface area contributed by atoms with Gasteiger partial charge in [-0.05, 0) is 65.6 Å². The van der Waals surface area contributed by atoms with Crippen LogP contribution >= 0.6 is 0 Å². The lowest BCUT2D eigenvalue weighted by atomic mass is 9.91. The molecule has 1 fully saturated rings. The first-order valence-corrected chi connectivity index (χ1v) is 13.0. The molecule has 3 aromatic carbocycles. The number of benzene rings is 3. The number of aromatic nitrogens is 4. The molecule has 1 aliphatic heterocycles. The van der Waals surface area contributed by atoms with E-state index in [-0.39, 0.29) is 11.8 Å². The normalized spacial score (nSPS) is 19.5. The van der Waals surface area contributed by atoms with Crippen molar-refractivity contribution in [3.8, 4) is 11.5 Å². The number of aromatic amines is 1. The zero-order valence-corrected chi connectivity index (χ0v) is 21.4. The van der Waals surface area contributed by atoms with Gasteiger partial charge in [0.25, 0.3) is 0 Å². The van der Waals surface area contributed by atoms with Crippen LogP contribution in [-0.2, 0) is 16.8 Å². The molecule has 1 spiro atoms. The van der Waals surface area contributed by atoms with Gasteiger partial charge in [0.2, 0.25) is 5.91 Å². The Bertz CT molecular complexity index is 1700. The average molecular weight is 518 g/mol.